The van der Waals surface area contributed by atoms with Crippen molar-refractivity contribution in [2.24, 2.45) is 0 Å². The minimum absolute atomic E-state index is 0.0834. The fourth-order valence-electron chi connectivity index (χ4n) is 2.85. The van der Waals surface area contributed by atoms with E-state index < -0.39 is 0 Å². The fraction of sp³-hybridized carbons (Fsp3) is 0.318. The van der Waals surface area contributed by atoms with Gasteiger partial charge in [0.1, 0.15) is 5.75 Å². The normalized spacial score (nSPS) is 11.3. The van der Waals surface area contributed by atoms with Crippen molar-refractivity contribution in [2.75, 3.05) is 14.2 Å². The molecule has 0 aliphatic carbocycles. The van der Waals surface area contributed by atoms with E-state index in [-0.39, 0.29) is 17.9 Å². The van der Waals surface area contributed by atoms with Crippen LogP contribution >= 0.6 is 0 Å². The number of rotatable bonds is 5. The Morgan fingerprint density at radius 2 is 1.75 bits per heavy atom. The molecule has 0 atom stereocenters. The molecule has 1 aromatic heterocycles. The number of methoxy groups -OCH3 is 1. The van der Waals surface area contributed by atoms with Gasteiger partial charge < -0.3 is 14.1 Å². The number of para-hydroxylation sites is 1. The maximum Gasteiger partial charge on any atom is 0.257 e. The first-order valence-electron chi connectivity index (χ1n) is 9.11. The van der Waals surface area contributed by atoms with Gasteiger partial charge in [0.15, 0.2) is 0 Å². The Kier molecular flexibility index (Phi) is 5.49. The van der Waals surface area contributed by atoms with Gasteiger partial charge in [-0.2, -0.15) is 0 Å². The molecule has 3 aromatic rings. The van der Waals surface area contributed by atoms with E-state index in [2.05, 4.69) is 43.1 Å². The van der Waals surface area contributed by atoms with Crippen LogP contribution in [0, 0.1) is 0 Å². The highest BCUT2D eigenvalue weighted by Gasteiger charge is 2.19. The van der Waals surface area contributed by atoms with E-state index in [1.165, 1.54) is 10.5 Å². The second-order valence-corrected chi connectivity index (χ2v) is 7.69. The molecule has 1 amide bonds. The predicted molar refractivity (Wildman–Crippen MR) is 107 cm³/mol. The Morgan fingerprint density at radius 1 is 1.07 bits per heavy atom. The van der Waals surface area contributed by atoms with Crippen LogP contribution in [0.25, 0.3) is 11.5 Å². The molecule has 146 valence electrons. The van der Waals surface area contributed by atoms with Crippen LogP contribution in [0.1, 0.15) is 42.6 Å². The van der Waals surface area contributed by atoms with E-state index in [0.29, 0.717) is 23.1 Å². The van der Waals surface area contributed by atoms with Crippen LogP contribution in [0.2, 0.25) is 0 Å². The highest BCUT2D eigenvalue weighted by atomic mass is 16.5. The van der Waals surface area contributed by atoms with Gasteiger partial charge in [0.05, 0.1) is 19.2 Å². The Balaban J connectivity index is 1.73. The zero-order chi connectivity index (χ0) is 20.3. The average Bonchev–Trinajstić information content (AvgIpc) is 3.15. The zero-order valence-corrected chi connectivity index (χ0v) is 16.9. The number of hydrogen-bond acceptors (Lipinski definition) is 5. The van der Waals surface area contributed by atoms with Crippen molar-refractivity contribution in [1.29, 1.82) is 0 Å². The van der Waals surface area contributed by atoms with E-state index in [1.807, 2.05) is 18.2 Å². The molecule has 1 heterocycles. The van der Waals surface area contributed by atoms with Crippen LogP contribution < -0.4 is 4.74 Å². The molecule has 6 nitrogen and oxygen atoms in total. The summed E-state index contributed by atoms with van der Waals surface area (Å²) in [5.74, 6) is 1.17. The standard InChI is InChI=1S/C22H25N3O3/c1-22(2,3)16-12-10-15(11-13-16)20-24-23-19(28-20)14-25(4)21(26)17-8-6-7-9-18(17)27-5/h6-13H,14H2,1-5H3. The number of carbonyl (C=O) groups is 1. The lowest BCUT2D eigenvalue weighted by atomic mass is 9.87. The third-order valence-electron chi connectivity index (χ3n) is 4.52. The average molecular weight is 379 g/mol. The van der Waals surface area contributed by atoms with E-state index in [0.717, 1.165) is 5.56 Å². The van der Waals surface area contributed by atoms with E-state index in [4.69, 9.17) is 9.15 Å². The second-order valence-electron chi connectivity index (χ2n) is 7.69. The molecule has 0 saturated heterocycles. The first-order chi connectivity index (χ1) is 13.3. The largest absolute Gasteiger partial charge is 0.496 e. The van der Waals surface area contributed by atoms with Gasteiger partial charge in [0.2, 0.25) is 11.8 Å². The van der Waals surface area contributed by atoms with Gasteiger partial charge in [0.25, 0.3) is 5.91 Å². The summed E-state index contributed by atoms with van der Waals surface area (Å²) < 4.78 is 11.0. The maximum atomic E-state index is 12.7. The highest BCUT2D eigenvalue weighted by molar-refractivity contribution is 5.96. The van der Waals surface area contributed by atoms with Crippen LogP contribution in [0.3, 0.4) is 0 Å². The number of ether oxygens (including phenoxy) is 1. The molecular formula is C22H25N3O3. The topological polar surface area (TPSA) is 68.5 Å². The molecule has 0 unspecified atom stereocenters. The number of benzene rings is 2. The lowest BCUT2D eigenvalue weighted by Gasteiger charge is -2.18. The summed E-state index contributed by atoms with van der Waals surface area (Å²) in [5.41, 5.74) is 2.66. The Labute approximate surface area is 165 Å². The lowest BCUT2D eigenvalue weighted by molar-refractivity contribution is 0.0769. The van der Waals surface area contributed by atoms with Crippen molar-refractivity contribution in [3.05, 3.63) is 65.5 Å². The fourth-order valence-corrected chi connectivity index (χ4v) is 2.85. The molecular weight excluding hydrogens is 354 g/mol. The van der Waals surface area contributed by atoms with Crippen molar-refractivity contribution in [3.8, 4) is 17.2 Å². The predicted octanol–water partition coefficient (Wildman–Crippen LogP) is 4.31. The van der Waals surface area contributed by atoms with E-state index in [9.17, 15) is 4.79 Å². The lowest BCUT2D eigenvalue weighted by Crippen LogP contribution is -2.26. The van der Waals surface area contributed by atoms with Gasteiger partial charge in [-0.1, -0.05) is 45.0 Å². The van der Waals surface area contributed by atoms with Crippen molar-refractivity contribution in [1.82, 2.24) is 15.1 Å². The molecule has 0 fully saturated rings. The van der Waals surface area contributed by atoms with Gasteiger partial charge in [-0.05, 0) is 35.2 Å². The molecule has 2 aromatic carbocycles. The molecule has 3 rings (SSSR count). The number of aromatic nitrogens is 2. The zero-order valence-electron chi connectivity index (χ0n) is 16.9. The summed E-state index contributed by atoms with van der Waals surface area (Å²) in [5, 5.41) is 8.20. The third kappa shape index (κ3) is 4.22. The van der Waals surface area contributed by atoms with Gasteiger partial charge in [0, 0.05) is 12.6 Å². The maximum absolute atomic E-state index is 12.7. The number of nitrogens with zero attached hydrogens (tertiary/aromatic N) is 3. The van der Waals surface area contributed by atoms with Crippen LogP contribution in [-0.4, -0.2) is 35.2 Å². The molecule has 0 aliphatic rings. The van der Waals surface area contributed by atoms with Gasteiger partial charge >= 0.3 is 0 Å². The summed E-state index contributed by atoms with van der Waals surface area (Å²) in [6, 6.07) is 15.2. The summed E-state index contributed by atoms with van der Waals surface area (Å²) in [7, 11) is 3.23. The SMILES string of the molecule is COc1ccccc1C(=O)N(C)Cc1nnc(-c2ccc(C(C)(C)C)cc2)o1. The summed E-state index contributed by atoms with van der Waals surface area (Å²) in [6.07, 6.45) is 0. The molecule has 0 saturated carbocycles. The van der Waals surface area contributed by atoms with Gasteiger partial charge in [-0.15, -0.1) is 10.2 Å². The second kappa shape index (κ2) is 7.84. The smallest absolute Gasteiger partial charge is 0.257 e. The Bertz CT molecular complexity index is 956. The van der Waals surface area contributed by atoms with Crippen LogP contribution in [-0.2, 0) is 12.0 Å². The Morgan fingerprint density at radius 3 is 2.39 bits per heavy atom. The summed E-state index contributed by atoms with van der Waals surface area (Å²) in [6.45, 7) is 6.72. The van der Waals surface area contributed by atoms with Crippen LogP contribution in [0.5, 0.6) is 5.75 Å². The highest BCUT2D eigenvalue weighted by Crippen LogP contribution is 2.26. The van der Waals surface area contributed by atoms with E-state index in [1.54, 1.807) is 32.4 Å². The van der Waals surface area contributed by atoms with Crippen molar-refractivity contribution in [3.63, 3.8) is 0 Å². The first kappa shape index (κ1) is 19.6. The molecule has 0 bridgehead atoms. The van der Waals surface area contributed by atoms with Crippen molar-refractivity contribution < 1.29 is 13.9 Å². The monoisotopic (exact) mass is 379 g/mol. The molecule has 28 heavy (non-hydrogen) atoms. The van der Waals surface area contributed by atoms with Crippen LogP contribution in [0.15, 0.2) is 52.9 Å². The molecule has 6 heteroatoms. The summed E-state index contributed by atoms with van der Waals surface area (Å²) >= 11 is 0. The van der Waals surface area contributed by atoms with Gasteiger partial charge in [-0.3, -0.25) is 4.79 Å². The minimum Gasteiger partial charge on any atom is -0.496 e. The van der Waals surface area contributed by atoms with Crippen LogP contribution in [0.4, 0.5) is 0 Å². The number of hydrogen-bond donors (Lipinski definition) is 0. The first-order valence-corrected chi connectivity index (χ1v) is 9.11. The molecule has 0 spiro atoms. The molecule has 0 aliphatic heterocycles. The molecule has 0 radical (unpaired) electrons. The van der Waals surface area contributed by atoms with Crippen molar-refractivity contribution >= 4 is 5.91 Å². The summed E-state index contributed by atoms with van der Waals surface area (Å²) in [4.78, 5) is 14.2. The minimum atomic E-state index is -0.174. The van der Waals surface area contributed by atoms with Gasteiger partial charge in [-0.25, -0.2) is 0 Å². The number of amides is 1. The number of carbonyl (C=O) groups excluding carboxylic acids is 1. The Hall–Kier alpha value is -3.15. The van der Waals surface area contributed by atoms with E-state index >= 15 is 0 Å². The van der Waals surface area contributed by atoms with Crippen molar-refractivity contribution in [2.45, 2.75) is 32.7 Å². The quantitative estimate of drug-likeness (QED) is 0.660. The molecule has 0 N–H and O–H groups in total. The third-order valence-corrected chi connectivity index (χ3v) is 4.52.